The first-order valence-electron chi connectivity index (χ1n) is 6.25. The van der Waals surface area contributed by atoms with Crippen LogP contribution in [0.15, 0.2) is 18.5 Å². The average molecular weight is 279 g/mol. The van der Waals surface area contributed by atoms with Crippen molar-refractivity contribution in [2.75, 3.05) is 5.75 Å². The number of rotatable bonds is 3. The maximum atomic E-state index is 6.37. The lowest BCUT2D eigenvalue weighted by molar-refractivity contribution is 0.661. The fourth-order valence-electron chi connectivity index (χ4n) is 2.32. The van der Waals surface area contributed by atoms with Gasteiger partial charge in [-0.1, -0.05) is 0 Å². The predicted molar refractivity (Wildman–Crippen MR) is 78.1 cm³/mol. The van der Waals surface area contributed by atoms with Gasteiger partial charge in [0.05, 0.1) is 6.04 Å². The Morgan fingerprint density at radius 2 is 2.44 bits per heavy atom. The Balaban J connectivity index is 1.92. The first-order chi connectivity index (χ1) is 8.79. The van der Waals surface area contributed by atoms with Crippen LogP contribution in [0.4, 0.5) is 0 Å². The van der Waals surface area contributed by atoms with E-state index < -0.39 is 0 Å². The van der Waals surface area contributed by atoms with Crippen LogP contribution < -0.4 is 5.73 Å². The minimum atomic E-state index is -0.0828. The van der Waals surface area contributed by atoms with Gasteiger partial charge >= 0.3 is 0 Å². The summed E-state index contributed by atoms with van der Waals surface area (Å²) in [6, 6.07) is 2.20. The topological polar surface area (TPSA) is 43.8 Å². The summed E-state index contributed by atoms with van der Waals surface area (Å²) in [5.74, 6) is 3.36. The van der Waals surface area contributed by atoms with Gasteiger partial charge < -0.3 is 10.3 Å². The zero-order valence-electron chi connectivity index (χ0n) is 10.4. The molecule has 0 radical (unpaired) electrons. The van der Waals surface area contributed by atoms with E-state index >= 15 is 0 Å². The fourth-order valence-corrected chi connectivity index (χ4v) is 4.69. The SMILES string of the molecule is CCn1ccnc1C(N)c1cc2c(s1)CCSC2. The molecule has 2 aromatic heterocycles. The molecule has 96 valence electrons. The Bertz CT molecular complexity index is 521. The van der Waals surface area contributed by atoms with Crippen molar-refractivity contribution in [3.63, 3.8) is 0 Å². The highest BCUT2D eigenvalue weighted by atomic mass is 32.2. The molecule has 0 saturated carbocycles. The Kier molecular flexibility index (Phi) is 3.46. The van der Waals surface area contributed by atoms with Crippen molar-refractivity contribution in [3.8, 4) is 0 Å². The third kappa shape index (κ3) is 2.11. The van der Waals surface area contributed by atoms with Crippen LogP contribution >= 0.6 is 23.1 Å². The van der Waals surface area contributed by atoms with Crippen LogP contribution in [-0.2, 0) is 18.7 Å². The van der Waals surface area contributed by atoms with E-state index in [1.165, 1.54) is 27.5 Å². The summed E-state index contributed by atoms with van der Waals surface area (Å²) >= 11 is 3.88. The number of hydrogen-bond donors (Lipinski definition) is 1. The van der Waals surface area contributed by atoms with Gasteiger partial charge in [0.25, 0.3) is 0 Å². The highest BCUT2D eigenvalue weighted by Crippen LogP contribution is 2.35. The second kappa shape index (κ2) is 5.07. The second-order valence-corrected chi connectivity index (χ2v) is 6.72. The minimum absolute atomic E-state index is 0.0828. The third-order valence-corrected chi connectivity index (χ3v) is 5.65. The summed E-state index contributed by atoms with van der Waals surface area (Å²) in [4.78, 5) is 7.18. The zero-order valence-corrected chi connectivity index (χ0v) is 12.1. The largest absolute Gasteiger partial charge is 0.334 e. The van der Waals surface area contributed by atoms with Crippen molar-refractivity contribution >= 4 is 23.1 Å². The Morgan fingerprint density at radius 3 is 3.22 bits per heavy atom. The van der Waals surface area contributed by atoms with Crippen molar-refractivity contribution in [1.82, 2.24) is 9.55 Å². The highest BCUT2D eigenvalue weighted by Gasteiger charge is 2.20. The molecule has 3 rings (SSSR count). The van der Waals surface area contributed by atoms with Gasteiger partial charge in [-0.05, 0) is 30.7 Å². The summed E-state index contributed by atoms with van der Waals surface area (Å²) in [6.07, 6.45) is 5.03. The van der Waals surface area contributed by atoms with E-state index in [1.54, 1.807) is 0 Å². The second-order valence-electron chi connectivity index (χ2n) is 4.45. The lowest BCUT2D eigenvalue weighted by Crippen LogP contribution is -2.16. The highest BCUT2D eigenvalue weighted by molar-refractivity contribution is 7.98. The van der Waals surface area contributed by atoms with Crippen LogP contribution in [0.3, 0.4) is 0 Å². The molecule has 1 aliphatic heterocycles. The summed E-state index contributed by atoms with van der Waals surface area (Å²) in [6.45, 7) is 3.04. The molecule has 0 saturated heterocycles. The van der Waals surface area contributed by atoms with Crippen LogP contribution in [0.2, 0.25) is 0 Å². The lowest BCUT2D eigenvalue weighted by Gasteiger charge is -2.11. The molecule has 2 N–H and O–H groups in total. The molecule has 0 fully saturated rings. The summed E-state index contributed by atoms with van der Waals surface area (Å²) in [5.41, 5.74) is 7.85. The average Bonchev–Trinajstić information content (AvgIpc) is 3.03. The van der Waals surface area contributed by atoms with E-state index in [9.17, 15) is 0 Å². The molecule has 3 nitrogen and oxygen atoms in total. The van der Waals surface area contributed by atoms with Gasteiger partial charge in [0.15, 0.2) is 0 Å². The molecule has 3 heterocycles. The number of imidazole rings is 1. The van der Waals surface area contributed by atoms with Crippen LogP contribution in [0.1, 0.15) is 34.1 Å². The quantitative estimate of drug-likeness (QED) is 0.939. The van der Waals surface area contributed by atoms with Gasteiger partial charge in [-0.25, -0.2) is 4.98 Å². The standard InChI is InChI=1S/C13H17N3S2/c1-2-16-5-4-15-13(16)12(14)11-7-9-8-17-6-3-10(9)18-11/h4-5,7,12H,2-3,6,8,14H2,1H3. The molecule has 5 heteroatoms. The summed E-state index contributed by atoms with van der Waals surface area (Å²) < 4.78 is 2.12. The van der Waals surface area contributed by atoms with E-state index in [2.05, 4.69) is 22.5 Å². The first kappa shape index (κ1) is 12.3. The molecule has 0 spiro atoms. The van der Waals surface area contributed by atoms with Gasteiger partial charge in [0.2, 0.25) is 0 Å². The molecule has 1 aliphatic rings. The lowest BCUT2D eigenvalue weighted by atomic mass is 10.2. The monoisotopic (exact) mass is 279 g/mol. The molecule has 0 aliphatic carbocycles. The van der Waals surface area contributed by atoms with E-state index in [4.69, 9.17) is 5.73 Å². The van der Waals surface area contributed by atoms with Crippen LogP contribution in [0.25, 0.3) is 0 Å². The molecule has 0 bridgehead atoms. The number of thioether (sulfide) groups is 1. The molecule has 1 unspecified atom stereocenters. The smallest absolute Gasteiger partial charge is 0.131 e. The van der Waals surface area contributed by atoms with Crippen molar-refractivity contribution in [3.05, 3.63) is 39.6 Å². The van der Waals surface area contributed by atoms with Crippen molar-refractivity contribution in [1.29, 1.82) is 0 Å². The molecule has 2 aromatic rings. The van der Waals surface area contributed by atoms with Gasteiger partial charge in [0.1, 0.15) is 5.82 Å². The van der Waals surface area contributed by atoms with Gasteiger partial charge in [0, 0.05) is 34.4 Å². The number of fused-ring (bicyclic) bond motifs is 1. The van der Waals surface area contributed by atoms with Gasteiger partial charge in [-0.15, -0.1) is 11.3 Å². The fraction of sp³-hybridized carbons (Fsp3) is 0.462. The first-order valence-corrected chi connectivity index (χ1v) is 8.22. The number of aromatic nitrogens is 2. The maximum absolute atomic E-state index is 6.37. The Labute approximate surface area is 115 Å². The summed E-state index contributed by atoms with van der Waals surface area (Å²) in [7, 11) is 0. The van der Waals surface area contributed by atoms with Crippen LogP contribution in [0.5, 0.6) is 0 Å². The zero-order chi connectivity index (χ0) is 12.5. The maximum Gasteiger partial charge on any atom is 0.131 e. The number of nitrogens with zero attached hydrogens (tertiary/aromatic N) is 2. The van der Waals surface area contributed by atoms with Crippen molar-refractivity contribution < 1.29 is 0 Å². The number of hydrogen-bond acceptors (Lipinski definition) is 4. The van der Waals surface area contributed by atoms with Crippen molar-refractivity contribution in [2.24, 2.45) is 5.73 Å². The molecule has 0 amide bonds. The molecule has 18 heavy (non-hydrogen) atoms. The van der Waals surface area contributed by atoms with Gasteiger partial charge in [-0.2, -0.15) is 11.8 Å². The molecule has 0 aromatic carbocycles. The van der Waals surface area contributed by atoms with E-state index in [-0.39, 0.29) is 6.04 Å². The minimum Gasteiger partial charge on any atom is -0.334 e. The van der Waals surface area contributed by atoms with Gasteiger partial charge in [-0.3, -0.25) is 0 Å². The van der Waals surface area contributed by atoms with Crippen LogP contribution in [-0.4, -0.2) is 15.3 Å². The molecular formula is C13H17N3S2. The van der Waals surface area contributed by atoms with E-state index in [0.717, 1.165) is 18.1 Å². The number of thiophene rings is 1. The molecular weight excluding hydrogens is 262 g/mol. The number of aryl methyl sites for hydroxylation is 2. The summed E-state index contributed by atoms with van der Waals surface area (Å²) in [5, 5.41) is 0. The Hall–Kier alpha value is -0.780. The van der Waals surface area contributed by atoms with E-state index in [0.29, 0.717) is 0 Å². The Morgan fingerprint density at radius 1 is 1.56 bits per heavy atom. The molecule has 1 atom stereocenters. The number of nitrogens with two attached hydrogens (primary N) is 1. The van der Waals surface area contributed by atoms with Crippen molar-refractivity contribution in [2.45, 2.75) is 31.7 Å². The van der Waals surface area contributed by atoms with E-state index in [1.807, 2.05) is 35.5 Å². The normalized spacial score (nSPS) is 16.6. The third-order valence-electron chi connectivity index (χ3n) is 3.32. The predicted octanol–water partition coefficient (Wildman–Crippen LogP) is 2.80. The van der Waals surface area contributed by atoms with Crippen LogP contribution in [0, 0.1) is 0 Å².